The van der Waals surface area contributed by atoms with Crippen molar-refractivity contribution >= 4 is 28.7 Å². The van der Waals surface area contributed by atoms with Gasteiger partial charge in [-0.3, -0.25) is 10.1 Å². The minimum atomic E-state index is -0.463. The average Bonchev–Trinajstić information content (AvgIpc) is 2.67. The molecule has 0 heterocycles. The maximum atomic E-state index is 11.1. The summed E-state index contributed by atoms with van der Waals surface area (Å²) in [6, 6.07) is 11.5. The monoisotopic (exact) mass is 368 g/mol. The van der Waals surface area contributed by atoms with Crippen LogP contribution in [0.2, 0.25) is 0 Å². The highest BCUT2D eigenvalue weighted by atomic mass is 16.6. The predicted octanol–water partition coefficient (Wildman–Crippen LogP) is 4.71. The van der Waals surface area contributed by atoms with E-state index in [1.54, 1.807) is 0 Å². The molecule has 0 fully saturated rings. The summed E-state index contributed by atoms with van der Waals surface area (Å²) in [5.74, 6) is -0.449. The quantitative estimate of drug-likeness (QED) is 0.227. The third-order valence-corrected chi connectivity index (χ3v) is 3.56. The van der Waals surface area contributed by atoms with Gasteiger partial charge in [-0.15, -0.1) is 5.11 Å². The molecule has 0 aliphatic rings. The second-order valence-corrected chi connectivity index (χ2v) is 5.48. The Morgan fingerprint density at radius 1 is 1.26 bits per heavy atom. The van der Waals surface area contributed by atoms with Gasteiger partial charge >= 0.3 is 5.97 Å². The third kappa shape index (κ3) is 6.03. The molecule has 8 nitrogen and oxygen atoms in total. The van der Waals surface area contributed by atoms with Gasteiger partial charge in [0.1, 0.15) is 5.69 Å². The lowest BCUT2D eigenvalue weighted by Gasteiger charge is -2.09. The highest BCUT2D eigenvalue weighted by Crippen LogP contribution is 2.29. The van der Waals surface area contributed by atoms with E-state index in [1.165, 1.54) is 24.3 Å². The molecule has 140 valence electrons. The van der Waals surface area contributed by atoms with E-state index in [1.807, 2.05) is 25.1 Å². The Morgan fingerprint density at radius 3 is 2.63 bits per heavy atom. The number of hydrogen-bond donors (Lipinski definition) is 1. The topological polar surface area (TPSA) is 106 Å². The van der Waals surface area contributed by atoms with Crippen molar-refractivity contribution in [2.24, 2.45) is 10.2 Å². The molecule has 0 aliphatic heterocycles. The van der Waals surface area contributed by atoms with Crippen LogP contribution in [0.1, 0.15) is 12.5 Å². The molecule has 0 radical (unpaired) electrons. The van der Waals surface area contributed by atoms with Gasteiger partial charge in [-0.05, 0) is 36.8 Å². The zero-order chi connectivity index (χ0) is 19.6. The summed E-state index contributed by atoms with van der Waals surface area (Å²) in [5, 5.41) is 22.3. The van der Waals surface area contributed by atoms with Crippen LogP contribution in [-0.4, -0.2) is 24.0 Å². The minimum Gasteiger partial charge on any atom is -0.462 e. The normalized spacial score (nSPS) is 10.6. The summed E-state index contributed by atoms with van der Waals surface area (Å²) in [6.45, 7) is 6.29. The summed E-state index contributed by atoms with van der Waals surface area (Å²) in [6.07, 6.45) is 1.70. The molecule has 2 rings (SSSR count). The summed E-state index contributed by atoms with van der Waals surface area (Å²) in [5.41, 5.74) is 2.95. The Labute approximate surface area is 156 Å². The smallest absolute Gasteiger partial charge is 0.330 e. The summed E-state index contributed by atoms with van der Waals surface area (Å²) in [7, 11) is 0. The first kappa shape index (κ1) is 19.8. The molecule has 0 amide bonds. The van der Waals surface area contributed by atoms with Crippen molar-refractivity contribution < 1.29 is 14.5 Å². The predicted molar refractivity (Wildman–Crippen MR) is 103 cm³/mol. The molecule has 0 saturated heterocycles. The fourth-order valence-electron chi connectivity index (χ4n) is 2.24. The molecule has 0 unspecified atom stereocenters. The van der Waals surface area contributed by atoms with Crippen molar-refractivity contribution in [2.45, 2.75) is 13.3 Å². The number of non-ortho nitro benzene ring substituents is 1. The van der Waals surface area contributed by atoms with E-state index >= 15 is 0 Å². The van der Waals surface area contributed by atoms with Crippen molar-refractivity contribution in [1.29, 1.82) is 0 Å². The molecule has 0 aromatic heterocycles. The number of nitrogens with zero attached hydrogens (tertiary/aromatic N) is 3. The lowest BCUT2D eigenvalue weighted by atomic mass is 10.1. The van der Waals surface area contributed by atoms with Crippen LogP contribution in [0.3, 0.4) is 0 Å². The summed E-state index contributed by atoms with van der Waals surface area (Å²) in [4.78, 5) is 21.3. The van der Waals surface area contributed by atoms with Crippen LogP contribution >= 0.6 is 0 Å². The van der Waals surface area contributed by atoms with Crippen LogP contribution in [0.5, 0.6) is 0 Å². The molecule has 0 bridgehead atoms. The Kier molecular flexibility index (Phi) is 7.18. The lowest BCUT2D eigenvalue weighted by molar-refractivity contribution is -0.384. The van der Waals surface area contributed by atoms with E-state index in [4.69, 9.17) is 4.74 Å². The van der Waals surface area contributed by atoms with E-state index in [0.717, 1.165) is 17.3 Å². The van der Waals surface area contributed by atoms with Crippen LogP contribution in [0.4, 0.5) is 22.7 Å². The number of nitro groups is 1. The fourth-order valence-corrected chi connectivity index (χ4v) is 2.24. The highest BCUT2D eigenvalue weighted by molar-refractivity contribution is 5.81. The van der Waals surface area contributed by atoms with Gasteiger partial charge in [0.2, 0.25) is 0 Å². The van der Waals surface area contributed by atoms with Crippen molar-refractivity contribution in [1.82, 2.24) is 0 Å². The first-order chi connectivity index (χ1) is 13.0. The zero-order valence-electron chi connectivity index (χ0n) is 14.9. The Bertz CT molecular complexity index is 847. The number of azo groups is 1. The third-order valence-electron chi connectivity index (χ3n) is 3.56. The van der Waals surface area contributed by atoms with Crippen molar-refractivity contribution in [3.05, 3.63) is 70.8 Å². The number of esters is 1. The van der Waals surface area contributed by atoms with E-state index in [0.29, 0.717) is 24.3 Å². The van der Waals surface area contributed by atoms with Gasteiger partial charge in [0.25, 0.3) is 5.69 Å². The van der Waals surface area contributed by atoms with Crippen LogP contribution < -0.4 is 5.32 Å². The van der Waals surface area contributed by atoms with Gasteiger partial charge in [-0.2, -0.15) is 5.11 Å². The largest absolute Gasteiger partial charge is 0.462 e. The second-order valence-electron chi connectivity index (χ2n) is 5.48. The highest BCUT2D eigenvalue weighted by Gasteiger charge is 2.06. The second kappa shape index (κ2) is 9.81. The number of ether oxygens (including phenoxy) is 1. The summed E-state index contributed by atoms with van der Waals surface area (Å²) >= 11 is 0. The van der Waals surface area contributed by atoms with Gasteiger partial charge < -0.3 is 10.1 Å². The molecular formula is C19H20N4O4. The number of nitrogens with one attached hydrogen (secondary N) is 1. The van der Waals surface area contributed by atoms with Gasteiger partial charge in [0, 0.05) is 31.2 Å². The molecule has 0 spiro atoms. The van der Waals surface area contributed by atoms with Gasteiger partial charge in [0.05, 0.1) is 22.9 Å². The van der Waals surface area contributed by atoms with E-state index in [-0.39, 0.29) is 12.3 Å². The number of nitro benzene ring substituents is 1. The van der Waals surface area contributed by atoms with Crippen molar-refractivity contribution in [3.8, 4) is 0 Å². The molecule has 1 N–H and O–H groups in total. The zero-order valence-corrected chi connectivity index (χ0v) is 14.9. The molecule has 2 aromatic rings. The van der Waals surface area contributed by atoms with E-state index < -0.39 is 10.9 Å². The molecule has 8 heteroatoms. The Hall–Kier alpha value is -3.55. The molecule has 27 heavy (non-hydrogen) atoms. The first-order valence-corrected chi connectivity index (χ1v) is 8.35. The fraction of sp³-hybridized carbons (Fsp3) is 0.211. The number of rotatable bonds is 9. The SMILES string of the molecule is C=CC(=O)OCCc1ccc(N=Nc2ccc([N+](=O)[O-])cc2)c(NCC)c1. The van der Waals surface area contributed by atoms with Gasteiger partial charge in [-0.1, -0.05) is 12.6 Å². The van der Waals surface area contributed by atoms with Gasteiger partial charge in [-0.25, -0.2) is 4.79 Å². The van der Waals surface area contributed by atoms with Gasteiger partial charge in [0.15, 0.2) is 0 Å². The maximum absolute atomic E-state index is 11.1. The summed E-state index contributed by atoms with van der Waals surface area (Å²) < 4.78 is 4.99. The van der Waals surface area contributed by atoms with Crippen LogP contribution in [-0.2, 0) is 16.0 Å². The van der Waals surface area contributed by atoms with E-state index in [9.17, 15) is 14.9 Å². The number of anilines is 1. The molecular weight excluding hydrogens is 348 g/mol. The molecule has 0 atom stereocenters. The number of carbonyl (C=O) groups excluding carboxylic acids is 1. The molecule has 0 aliphatic carbocycles. The molecule has 2 aromatic carbocycles. The Balaban J connectivity index is 2.11. The van der Waals surface area contributed by atoms with Crippen LogP contribution in [0, 0.1) is 10.1 Å². The molecule has 0 saturated carbocycles. The number of hydrogen-bond acceptors (Lipinski definition) is 7. The Morgan fingerprint density at radius 2 is 2.00 bits per heavy atom. The lowest BCUT2D eigenvalue weighted by Crippen LogP contribution is -2.05. The maximum Gasteiger partial charge on any atom is 0.330 e. The number of benzene rings is 2. The first-order valence-electron chi connectivity index (χ1n) is 8.35. The number of carbonyl (C=O) groups is 1. The average molecular weight is 368 g/mol. The van der Waals surface area contributed by atoms with Crippen molar-refractivity contribution in [3.63, 3.8) is 0 Å². The minimum absolute atomic E-state index is 0.00352. The van der Waals surface area contributed by atoms with E-state index in [2.05, 4.69) is 22.1 Å². The van der Waals surface area contributed by atoms with Crippen LogP contribution in [0.25, 0.3) is 0 Å². The van der Waals surface area contributed by atoms with Crippen molar-refractivity contribution in [2.75, 3.05) is 18.5 Å². The van der Waals surface area contributed by atoms with Crippen LogP contribution in [0.15, 0.2) is 65.3 Å². The standard InChI is InChI=1S/C19H20N4O4/c1-3-19(24)27-12-11-14-5-10-17(18(13-14)20-4-2)22-21-15-6-8-16(9-7-15)23(25)26/h3,5-10,13,20H,1,4,11-12H2,2H3.